The Hall–Kier alpha value is -3.60. The van der Waals surface area contributed by atoms with Crippen molar-refractivity contribution >= 4 is 22.5 Å². The van der Waals surface area contributed by atoms with E-state index in [0.717, 1.165) is 23.3 Å². The average Bonchev–Trinajstić information content (AvgIpc) is 2.70. The van der Waals surface area contributed by atoms with Crippen LogP contribution in [0.4, 0.5) is 14.5 Å². The standard InChI is InChI=1S/C23H16F2N2O/c1-14-5-4-6-15(11-14)22-13-18(17-7-2-3-8-21(17)27-22)23(28)26-16-9-10-19(24)20(25)12-16/h2-13H,1H3,(H,26,28). The lowest BCUT2D eigenvalue weighted by Crippen LogP contribution is -2.13. The number of hydrogen-bond acceptors (Lipinski definition) is 2. The molecule has 0 radical (unpaired) electrons. The van der Waals surface area contributed by atoms with E-state index < -0.39 is 17.5 Å². The maximum Gasteiger partial charge on any atom is 0.256 e. The van der Waals surface area contributed by atoms with E-state index in [0.29, 0.717) is 22.2 Å². The number of halogens is 2. The maximum absolute atomic E-state index is 13.5. The smallest absolute Gasteiger partial charge is 0.256 e. The number of para-hydroxylation sites is 1. The van der Waals surface area contributed by atoms with E-state index in [9.17, 15) is 13.6 Å². The molecule has 0 aliphatic carbocycles. The lowest BCUT2D eigenvalue weighted by atomic mass is 10.0. The van der Waals surface area contributed by atoms with Crippen LogP contribution in [0, 0.1) is 18.6 Å². The summed E-state index contributed by atoms with van der Waals surface area (Å²) in [6, 6.07) is 20.1. The number of nitrogens with one attached hydrogen (secondary N) is 1. The predicted octanol–water partition coefficient (Wildman–Crippen LogP) is 5.74. The normalized spacial score (nSPS) is 10.8. The van der Waals surface area contributed by atoms with Crippen LogP contribution in [-0.2, 0) is 0 Å². The number of aromatic nitrogens is 1. The molecule has 0 saturated heterocycles. The molecule has 1 N–H and O–H groups in total. The van der Waals surface area contributed by atoms with Crippen LogP contribution in [0.15, 0.2) is 72.8 Å². The Bertz CT molecular complexity index is 1200. The fourth-order valence-corrected chi connectivity index (χ4v) is 3.09. The minimum absolute atomic E-state index is 0.182. The van der Waals surface area contributed by atoms with E-state index >= 15 is 0 Å². The van der Waals surface area contributed by atoms with E-state index in [-0.39, 0.29) is 5.69 Å². The molecule has 3 nitrogen and oxygen atoms in total. The Kier molecular flexibility index (Phi) is 4.57. The molecule has 3 aromatic carbocycles. The third-order valence-corrected chi connectivity index (χ3v) is 4.45. The monoisotopic (exact) mass is 374 g/mol. The number of pyridine rings is 1. The molecule has 1 heterocycles. The van der Waals surface area contributed by atoms with Crippen LogP contribution in [0.1, 0.15) is 15.9 Å². The van der Waals surface area contributed by atoms with E-state index in [1.54, 1.807) is 6.07 Å². The molecule has 1 aromatic heterocycles. The van der Waals surface area contributed by atoms with E-state index in [4.69, 9.17) is 0 Å². The van der Waals surface area contributed by atoms with Crippen molar-refractivity contribution in [1.82, 2.24) is 4.98 Å². The van der Waals surface area contributed by atoms with E-state index in [1.807, 2.05) is 55.5 Å². The van der Waals surface area contributed by atoms with Gasteiger partial charge in [-0.25, -0.2) is 13.8 Å². The lowest BCUT2D eigenvalue weighted by molar-refractivity contribution is 0.102. The highest BCUT2D eigenvalue weighted by Gasteiger charge is 2.15. The zero-order valence-corrected chi connectivity index (χ0v) is 15.0. The van der Waals surface area contributed by atoms with Gasteiger partial charge >= 0.3 is 0 Å². The lowest BCUT2D eigenvalue weighted by Gasteiger charge is -2.11. The Labute approximate surface area is 160 Å². The van der Waals surface area contributed by atoms with Crippen molar-refractivity contribution in [2.75, 3.05) is 5.32 Å². The number of nitrogens with zero attached hydrogens (tertiary/aromatic N) is 1. The summed E-state index contributed by atoms with van der Waals surface area (Å²) in [6.07, 6.45) is 0. The van der Waals surface area contributed by atoms with Crippen LogP contribution in [0.3, 0.4) is 0 Å². The highest BCUT2D eigenvalue weighted by molar-refractivity contribution is 6.13. The Morgan fingerprint density at radius 2 is 1.71 bits per heavy atom. The number of hydrogen-bond donors (Lipinski definition) is 1. The van der Waals surface area contributed by atoms with Crippen LogP contribution < -0.4 is 5.32 Å². The largest absolute Gasteiger partial charge is 0.322 e. The number of aryl methyl sites for hydroxylation is 1. The molecule has 4 rings (SSSR count). The molecule has 5 heteroatoms. The van der Waals surface area contributed by atoms with Crippen molar-refractivity contribution in [1.29, 1.82) is 0 Å². The van der Waals surface area contributed by atoms with Gasteiger partial charge in [-0.15, -0.1) is 0 Å². The molecule has 0 aliphatic heterocycles. The summed E-state index contributed by atoms with van der Waals surface area (Å²) in [7, 11) is 0. The molecule has 0 bridgehead atoms. The number of benzene rings is 3. The first kappa shape index (κ1) is 17.8. The zero-order chi connectivity index (χ0) is 19.7. The van der Waals surface area contributed by atoms with Crippen LogP contribution in [-0.4, -0.2) is 10.9 Å². The van der Waals surface area contributed by atoms with Crippen LogP contribution in [0.2, 0.25) is 0 Å². The molecule has 4 aromatic rings. The molecule has 28 heavy (non-hydrogen) atoms. The first-order valence-corrected chi connectivity index (χ1v) is 8.74. The Morgan fingerprint density at radius 3 is 2.50 bits per heavy atom. The number of amides is 1. The molecule has 0 unspecified atom stereocenters. The minimum Gasteiger partial charge on any atom is -0.322 e. The van der Waals surface area contributed by atoms with Crippen LogP contribution in [0.25, 0.3) is 22.2 Å². The Morgan fingerprint density at radius 1 is 0.893 bits per heavy atom. The molecule has 0 aliphatic rings. The number of fused-ring (bicyclic) bond motifs is 1. The van der Waals surface area contributed by atoms with Crippen molar-refractivity contribution in [3.05, 3.63) is 95.6 Å². The van der Waals surface area contributed by atoms with Crippen molar-refractivity contribution in [2.45, 2.75) is 6.92 Å². The van der Waals surface area contributed by atoms with Crippen molar-refractivity contribution in [2.24, 2.45) is 0 Å². The summed E-state index contributed by atoms with van der Waals surface area (Å²) in [4.78, 5) is 17.6. The molecule has 138 valence electrons. The van der Waals surface area contributed by atoms with Crippen LogP contribution in [0.5, 0.6) is 0 Å². The minimum atomic E-state index is -1.02. The summed E-state index contributed by atoms with van der Waals surface area (Å²) < 4.78 is 26.6. The molecule has 1 amide bonds. The third kappa shape index (κ3) is 3.47. The fraction of sp³-hybridized carbons (Fsp3) is 0.0435. The average molecular weight is 374 g/mol. The third-order valence-electron chi connectivity index (χ3n) is 4.45. The van der Waals surface area contributed by atoms with Gasteiger partial charge in [0.1, 0.15) is 0 Å². The maximum atomic E-state index is 13.5. The van der Waals surface area contributed by atoms with Gasteiger partial charge < -0.3 is 5.32 Å². The van der Waals surface area contributed by atoms with Gasteiger partial charge in [0.25, 0.3) is 5.91 Å². The van der Waals surface area contributed by atoms with Gasteiger partial charge in [-0.05, 0) is 37.3 Å². The van der Waals surface area contributed by atoms with Gasteiger partial charge in [-0.2, -0.15) is 0 Å². The predicted molar refractivity (Wildman–Crippen MR) is 106 cm³/mol. The van der Waals surface area contributed by atoms with Gasteiger partial charge in [0, 0.05) is 22.7 Å². The van der Waals surface area contributed by atoms with Gasteiger partial charge in [-0.3, -0.25) is 4.79 Å². The summed E-state index contributed by atoms with van der Waals surface area (Å²) in [5.41, 5.74) is 3.91. The highest BCUT2D eigenvalue weighted by atomic mass is 19.2. The Balaban J connectivity index is 1.80. The molecule has 0 fully saturated rings. The van der Waals surface area contributed by atoms with Gasteiger partial charge in [0.15, 0.2) is 11.6 Å². The van der Waals surface area contributed by atoms with Crippen molar-refractivity contribution in [3.63, 3.8) is 0 Å². The summed E-state index contributed by atoms with van der Waals surface area (Å²) >= 11 is 0. The number of rotatable bonds is 3. The van der Waals surface area contributed by atoms with Gasteiger partial charge in [0.05, 0.1) is 16.8 Å². The molecular formula is C23H16F2N2O. The highest BCUT2D eigenvalue weighted by Crippen LogP contribution is 2.26. The van der Waals surface area contributed by atoms with E-state index in [1.165, 1.54) is 6.07 Å². The second kappa shape index (κ2) is 7.19. The summed E-state index contributed by atoms with van der Waals surface area (Å²) in [5, 5.41) is 3.31. The van der Waals surface area contributed by atoms with Gasteiger partial charge in [-0.1, -0.05) is 42.0 Å². The SMILES string of the molecule is Cc1cccc(-c2cc(C(=O)Nc3ccc(F)c(F)c3)c3ccccc3n2)c1. The molecular weight excluding hydrogens is 358 g/mol. The quantitative estimate of drug-likeness (QED) is 0.497. The van der Waals surface area contributed by atoms with Crippen molar-refractivity contribution in [3.8, 4) is 11.3 Å². The molecule has 0 atom stereocenters. The summed E-state index contributed by atoms with van der Waals surface area (Å²) in [5.74, 6) is -2.40. The first-order valence-electron chi connectivity index (χ1n) is 8.74. The number of carbonyl (C=O) groups is 1. The van der Waals surface area contributed by atoms with Crippen molar-refractivity contribution < 1.29 is 13.6 Å². The second-order valence-corrected chi connectivity index (χ2v) is 6.52. The van der Waals surface area contributed by atoms with Gasteiger partial charge in [0.2, 0.25) is 0 Å². The summed E-state index contributed by atoms with van der Waals surface area (Å²) in [6.45, 7) is 1.99. The topological polar surface area (TPSA) is 42.0 Å². The van der Waals surface area contributed by atoms with Crippen LogP contribution >= 0.6 is 0 Å². The first-order chi connectivity index (χ1) is 13.5. The second-order valence-electron chi connectivity index (χ2n) is 6.52. The zero-order valence-electron chi connectivity index (χ0n) is 15.0. The van der Waals surface area contributed by atoms with E-state index in [2.05, 4.69) is 10.3 Å². The molecule has 0 spiro atoms. The number of carbonyl (C=O) groups excluding carboxylic acids is 1. The fourth-order valence-electron chi connectivity index (χ4n) is 3.09. The molecule has 0 saturated carbocycles. The number of anilines is 1.